The van der Waals surface area contributed by atoms with E-state index in [4.69, 9.17) is 14.7 Å². The molecule has 26 heavy (non-hydrogen) atoms. The minimum atomic E-state index is -0.0851. The summed E-state index contributed by atoms with van der Waals surface area (Å²) in [7, 11) is 3.34. The van der Waals surface area contributed by atoms with Gasteiger partial charge in [-0.05, 0) is 42.5 Å². The first-order valence-corrected chi connectivity index (χ1v) is 8.68. The molecule has 0 fully saturated rings. The molecular weight excluding hydrogens is 328 g/mol. The maximum Gasteiger partial charge on any atom is 0.260 e. The highest BCUT2D eigenvalue weighted by molar-refractivity contribution is 5.78. The number of hydrogen-bond acceptors (Lipinski definition) is 4. The molecule has 5 nitrogen and oxygen atoms in total. The second-order valence-electron chi connectivity index (χ2n) is 6.38. The number of nitriles is 1. The van der Waals surface area contributed by atoms with Crippen LogP contribution in [0.25, 0.3) is 0 Å². The third-order valence-corrected chi connectivity index (χ3v) is 4.84. The van der Waals surface area contributed by atoms with Gasteiger partial charge >= 0.3 is 0 Å². The SMILES string of the molecule is COc1cc(C#N)ccc1OCC(=O)N(C)C1CCCc2ccccc21. The molecule has 0 aliphatic heterocycles. The summed E-state index contributed by atoms with van der Waals surface area (Å²) in [6.45, 7) is -0.0720. The van der Waals surface area contributed by atoms with E-state index >= 15 is 0 Å². The Labute approximate surface area is 153 Å². The Hall–Kier alpha value is -3.00. The number of carbonyl (C=O) groups is 1. The molecule has 0 saturated carbocycles. The molecule has 1 atom stereocenters. The average Bonchev–Trinajstić information content (AvgIpc) is 2.70. The standard InChI is InChI=1S/C21H22N2O3/c1-23(18-9-5-7-16-6-3-4-8-17(16)18)21(24)14-26-19-11-10-15(13-22)12-20(19)25-2/h3-4,6,8,10-12,18H,5,7,9,14H2,1-2H3. The molecule has 3 rings (SSSR count). The van der Waals surface area contributed by atoms with Gasteiger partial charge in [-0.25, -0.2) is 0 Å². The van der Waals surface area contributed by atoms with Gasteiger partial charge in [0, 0.05) is 13.1 Å². The summed E-state index contributed by atoms with van der Waals surface area (Å²) in [5.41, 5.74) is 3.03. The van der Waals surface area contributed by atoms with Crippen molar-refractivity contribution in [2.24, 2.45) is 0 Å². The first-order valence-electron chi connectivity index (χ1n) is 8.68. The molecule has 134 valence electrons. The maximum absolute atomic E-state index is 12.7. The number of fused-ring (bicyclic) bond motifs is 1. The number of amides is 1. The maximum atomic E-state index is 12.7. The summed E-state index contributed by atoms with van der Waals surface area (Å²) >= 11 is 0. The fraction of sp³-hybridized carbons (Fsp3) is 0.333. The highest BCUT2D eigenvalue weighted by Gasteiger charge is 2.26. The zero-order valence-electron chi connectivity index (χ0n) is 15.1. The molecule has 0 radical (unpaired) electrons. The van der Waals surface area contributed by atoms with E-state index in [0.717, 1.165) is 19.3 Å². The predicted molar refractivity (Wildman–Crippen MR) is 98.1 cm³/mol. The van der Waals surface area contributed by atoms with Crippen LogP contribution >= 0.6 is 0 Å². The molecule has 0 spiro atoms. The Morgan fingerprint density at radius 2 is 2.08 bits per heavy atom. The van der Waals surface area contributed by atoms with Crippen LogP contribution in [0.15, 0.2) is 42.5 Å². The normalized spacial score (nSPS) is 15.5. The number of benzene rings is 2. The van der Waals surface area contributed by atoms with Crippen LogP contribution in [-0.4, -0.2) is 31.6 Å². The van der Waals surface area contributed by atoms with Gasteiger partial charge in [-0.3, -0.25) is 4.79 Å². The number of likely N-dealkylation sites (N-methyl/N-ethyl adjacent to an activating group) is 1. The summed E-state index contributed by atoms with van der Waals surface area (Å²) in [6.07, 6.45) is 3.09. The van der Waals surface area contributed by atoms with Crippen molar-refractivity contribution in [3.05, 3.63) is 59.2 Å². The number of ether oxygens (including phenoxy) is 2. The number of nitrogens with zero attached hydrogens (tertiary/aromatic N) is 2. The van der Waals surface area contributed by atoms with Crippen LogP contribution in [-0.2, 0) is 11.2 Å². The van der Waals surface area contributed by atoms with Crippen molar-refractivity contribution in [2.45, 2.75) is 25.3 Å². The highest BCUT2D eigenvalue weighted by atomic mass is 16.5. The van der Waals surface area contributed by atoms with Gasteiger partial charge in [-0.2, -0.15) is 5.26 Å². The molecule has 1 unspecified atom stereocenters. The van der Waals surface area contributed by atoms with Gasteiger partial charge in [0.25, 0.3) is 5.91 Å². The Balaban J connectivity index is 1.69. The van der Waals surface area contributed by atoms with E-state index in [2.05, 4.69) is 18.2 Å². The van der Waals surface area contributed by atoms with Crippen molar-refractivity contribution in [1.82, 2.24) is 4.90 Å². The molecular formula is C21H22N2O3. The lowest BCUT2D eigenvalue weighted by atomic mass is 9.87. The van der Waals surface area contributed by atoms with Crippen molar-refractivity contribution in [2.75, 3.05) is 20.8 Å². The summed E-state index contributed by atoms with van der Waals surface area (Å²) in [5, 5.41) is 8.96. The molecule has 5 heteroatoms. The van der Waals surface area contributed by atoms with Gasteiger partial charge in [0.1, 0.15) is 0 Å². The number of methoxy groups -OCH3 is 1. The van der Waals surface area contributed by atoms with Gasteiger partial charge in [0.2, 0.25) is 0 Å². The Kier molecular flexibility index (Phi) is 5.43. The monoisotopic (exact) mass is 350 g/mol. The van der Waals surface area contributed by atoms with Crippen LogP contribution in [0.4, 0.5) is 0 Å². The first kappa shape index (κ1) is 17.8. The molecule has 1 amide bonds. The molecule has 1 aliphatic carbocycles. The minimum absolute atomic E-state index is 0.0720. The topological polar surface area (TPSA) is 62.6 Å². The summed E-state index contributed by atoms with van der Waals surface area (Å²) in [6, 6.07) is 15.3. The van der Waals surface area contributed by atoms with Crippen LogP contribution < -0.4 is 9.47 Å². The van der Waals surface area contributed by atoms with Crippen molar-refractivity contribution in [1.29, 1.82) is 5.26 Å². The second kappa shape index (κ2) is 7.92. The van der Waals surface area contributed by atoms with Crippen LogP contribution in [0.3, 0.4) is 0 Å². The average molecular weight is 350 g/mol. The third-order valence-electron chi connectivity index (χ3n) is 4.84. The highest BCUT2D eigenvalue weighted by Crippen LogP contribution is 2.34. The summed E-state index contributed by atoms with van der Waals surface area (Å²) < 4.78 is 10.9. The lowest BCUT2D eigenvalue weighted by molar-refractivity contribution is -0.134. The number of aryl methyl sites for hydroxylation is 1. The quantitative estimate of drug-likeness (QED) is 0.828. The smallest absolute Gasteiger partial charge is 0.260 e. The Bertz CT molecular complexity index is 841. The fourth-order valence-electron chi connectivity index (χ4n) is 3.40. The van der Waals surface area contributed by atoms with E-state index in [-0.39, 0.29) is 18.6 Å². The molecule has 2 aromatic carbocycles. The largest absolute Gasteiger partial charge is 0.493 e. The number of carbonyl (C=O) groups excluding carboxylic acids is 1. The fourth-order valence-corrected chi connectivity index (χ4v) is 3.40. The van der Waals surface area contributed by atoms with Crippen molar-refractivity contribution >= 4 is 5.91 Å². The minimum Gasteiger partial charge on any atom is -0.493 e. The van der Waals surface area contributed by atoms with E-state index < -0.39 is 0 Å². The predicted octanol–water partition coefficient (Wildman–Crippen LogP) is 3.48. The Morgan fingerprint density at radius 1 is 1.27 bits per heavy atom. The first-order chi connectivity index (χ1) is 12.6. The van der Waals surface area contributed by atoms with E-state index in [1.54, 1.807) is 23.1 Å². The van der Waals surface area contributed by atoms with Crippen molar-refractivity contribution in [3.8, 4) is 17.6 Å². The molecule has 1 aliphatic rings. The molecule has 0 heterocycles. The van der Waals surface area contributed by atoms with Gasteiger partial charge < -0.3 is 14.4 Å². The summed E-state index contributed by atoms with van der Waals surface area (Å²) in [4.78, 5) is 14.4. The third kappa shape index (κ3) is 3.65. The molecule has 0 saturated heterocycles. The van der Waals surface area contributed by atoms with Crippen molar-refractivity contribution < 1.29 is 14.3 Å². The second-order valence-corrected chi connectivity index (χ2v) is 6.38. The van der Waals surface area contributed by atoms with Gasteiger partial charge in [-0.1, -0.05) is 24.3 Å². The molecule has 2 aromatic rings. The van der Waals surface area contributed by atoms with Crippen molar-refractivity contribution in [3.63, 3.8) is 0 Å². The van der Waals surface area contributed by atoms with Crippen LogP contribution in [0, 0.1) is 11.3 Å². The van der Waals surface area contributed by atoms with E-state index in [0.29, 0.717) is 17.1 Å². The molecule has 0 aromatic heterocycles. The van der Waals surface area contributed by atoms with Gasteiger partial charge in [0.05, 0.1) is 24.8 Å². The van der Waals surface area contributed by atoms with Gasteiger partial charge in [0.15, 0.2) is 18.1 Å². The number of hydrogen-bond donors (Lipinski definition) is 0. The lowest BCUT2D eigenvalue weighted by Gasteiger charge is -2.33. The van der Waals surface area contributed by atoms with E-state index in [1.807, 2.05) is 19.2 Å². The van der Waals surface area contributed by atoms with Crippen LogP contribution in [0.5, 0.6) is 11.5 Å². The van der Waals surface area contributed by atoms with Crippen LogP contribution in [0.2, 0.25) is 0 Å². The van der Waals surface area contributed by atoms with Crippen LogP contribution in [0.1, 0.15) is 35.6 Å². The lowest BCUT2D eigenvalue weighted by Crippen LogP contribution is -2.36. The molecule has 0 N–H and O–H groups in total. The molecule has 0 bridgehead atoms. The summed E-state index contributed by atoms with van der Waals surface area (Å²) in [5.74, 6) is 0.818. The van der Waals surface area contributed by atoms with E-state index in [1.165, 1.54) is 18.2 Å². The zero-order chi connectivity index (χ0) is 18.5. The number of rotatable bonds is 5. The Morgan fingerprint density at radius 3 is 2.85 bits per heavy atom. The van der Waals surface area contributed by atoms with E-state index in [9.17, 15) is 4.79 Å². The van der Waals surface area contributed by atoms with Gasteiger partial charge in [-0.15, -0.1) is 0 Å². The zero-order valence-corrected chi connectivity index (χ0v) is 15.1.